The van der Waals surface area contributed by atoms with Crippen LogP contribution in [-0.2, 0) is 0 Å². The predicted molar refractivity (Wildman–Crippen MR) is 123 cm³/mol. The molecule has 6 heteroatoms. The number of nitrogens with zero attached hydrogens (tertiary/aromatic N) is 2. The highest BCUT2D eigenvalue weighted by molar-refractivity contribution is 7.17. The van der Waals surface area contributed by atoms with E-state index in [2.05, 4.69) is 44.9 Å². The van der Waals surface area contributed by atoms with Crippen LogP contribution >= 0.6 is 11.3 Å². The number of ether oxygens (including phenoxy) is 2. The zero-order valence-corrected chi connectivity index (χ0v) is 17.4. The molecule has 0 amide bonds. The lowest BCUT2D eigenvalue weighted by Crippen LogP contribution is -1.96. The van der Waals surface area contributed by atoms with Crippen molar-refractivity contribution in [1.82, 2.24) is 9.97 Å². The summed E-state index contributed by atoms with van der Waals surface area (Å²) in [6, 6.07) is 20.5. The van der Waals surface area contributed by atoms with E-state index in [4.69, 9.17) is 9.47 Å². The third-order valence-electron chi connectivity index (χ3n) is 5.11. The van der Waals surface area contributed by atoms with Crippen LogP contribution in [0.25, 0.3) is 32.1 Å². The van der Waals surface area contributed by atoms with Crippen LogP contribution in [0.3, 0.4) is 0 Å². The number of fused-ring (bicyclic) bond motifs is 2. The van der Waals surface area contributed by atoms with Crippen molar-refractivity contribution in [3.8, 4) is 22.6 Å². The van der Waals surface area contributed by atoms with Gasteiger partial charge < -0.3 is 14.8 Å². The lowest BCUT2D eigenvalue weighted by Gasteiger charge is -2.12. The van der Waals surface area contributed by atoms with Gasteiger partial charge in [0.05, 0.1) is 19.6 Å². The van der Waals surface area contributed by atoms with Gasteiger partial charge in [-0.25, -0.2) is 9.97 Å². The molecule has 0 radical (unpaired) electrons. The van der Waals surface area contributed by atoms with Crippen LogP contribution in [0.2, 0.25) is 0 Å². The van der Waals surface area contributed by atoms with E-state index >= 15 is 0 Å². The third-order valence-corrected chi connectivity index (χ3v) is 5.99. The first-order valence-corrected chi connectivity index (χ1v) is 10.4. The normalized spacial score (nSPS) is 11.0. The molecular formula is C24H19N3O2S. The Hall–Kier alpha value is -3.64. The maximum Gasteiger partial charge on any atom is 0.161 e. The molecule has 0 aliphatic carbocycles. The molecular weight excluding hydrogens is 394 g/mol. The Morgan fingerprint density at radius 3 is 2.57 bits per heavy atom. The van der Waals surface area contributed by atoms with E-state index in [1.165, 1.54) is 5.39 Å². The third kappa shape index (κ3) is 3.11. The summed E-state index contributed by atoms with van der Waals surface area (Å²) in [6.07, 6.45) is 1.60. The van der Waals surface area contributed by atoms with Crippen LogP contribution in [-0.4, -0.2) is 24.2 Å². The molecule has 30 heavy (non-hydrogen) atoms. The van der Waals surface area contributed by atoms with E-state index in [1.807, 2.05) is 36.4 Å². The number of hydrogen-bond acceptors (Lipinski definition) is 6. The van der Waals surface area contributed by atoms with Crippen LogP contribution < -0.4 is 14.8 Å². The number of methoxy groups -OCH3 is 2. The number of nitrogens with one attached hydrogen (secondary N) is 1. The molecule has 0 aliphatic rings. The molecule has 5 aromatic rings. The van der Waals surface area contributed by atoms with Crippen LogP contribution in [0.1, 0.15) is 0 Å². The van der Waals surface area contributed by atoms with Gasteiger partial charge in [0.25, 0.3) is 0 Å². The van der Waals surface area contributed by atoms with Crippen LogP contribution in [0.5, 0.6) is 11.5 Å². The molecule has 0 spiro atoms. The molecule has 0 bridgehead atoms. The summed E-state index contributed by atoms with van der Waals surface area (Å²) in [4.78, 5) is 9.98. The zero-order valence-electron chi connectivity index (χ0n) is 16.5. The van der Waals surface area contributed by atoms with Gasteiger partial charge in [-0.3, -0.25) is 0 Å². The van der Waals surface area contributed by atoms with Crippen molar-refractivity contribution in [3.05, 3.63) is 72.4 Å². The molecule has 0 saturated carbocycles. The topological polar surface area (TPSA) is 56.3 Å². The summed E-state index contributed by atoms with van der Waals surface area (Å²) in [6.45, 7) is 0. The largest absolute Gasteiger partial charge is 0.493 e. The first-order chi connectivity index (χ1) is 14.8. The molecule has 3 aromatic carbocycles. The van der Waals surface area contributed by atoms with Gasteiger partial charge in [-0.1, -0.05) is 42.5 Å². The molecule has 148 valence electrons. The Morgan fingerprint density at radius 2 is 1.70 bits per heavy atom. The van der Waals surface area contributed by atoms with Crippen molar-refractivity contribution in [1.29, 1.82) is 0 Å². The fourth-order valence-corrected chi connectivity index (χ4v) is 4.56. The van der Waals surface area contributed by atoms with Gasteiger partial charge in [0, 0.05) is 22.0 Å². The second kappa shape index (κ2) is 7.65. The fourth-order valence-electron chi connectivity index (χ4n) is 3.65. The average molecular weight is 414 g/mol. The van der Waals surface area contributed by atoms with Crippen molar-refractivity contribution in [2.75, 3.05) is 19.5 Å². The maximum absolute atomic E-state index is 5.49. The van der Waals surface area contributed by atoms with Gasteiger partial charge in [-0.2, -0.15) is 0 Å². The van der Waals surface area contributed by atoms with Crippen LogP contribution in [0.15, 0.2) is 72.4 Å². The summed E-state index contributed by atoms with van der Waals surface area (Å²) < 4.78 is 10.9. The van der Waals surface area contributed by atoms with Crippen LogP contribution in [0.4, 0.5) is 11.5 Å². The van der Waals surface area contributed by atoms with E-state index in [1.54, 1.807) is 31.9 Å². The molecule has 0 unspecified atom stereocenters. The Balaban J connectivity index is 1.65. The highest BCUT2D eigenvalue weighted by Crippen LogP contribution is 2.40. The summed E-state index contributed by atoms with van der Waals surface area (Å²) >= 11 is 1.60. The molecule has 2 heterocycles. The van der Waals surface area contributed by atoms with Crippen molar-refractivity contribution >= 4 is 43.8 Å². The smallest absolute Gasteiger partial charge is 0.161 e. The van der Waals surface area contributed by atoms with Gasteiger partial charge in [0.2, 0.25) is 0 Å². The monoisotopic (exact) mass is 413 g/mol. The maximum atomic E-state index is 5.49. The quantitative estimate of drug-likeness (QED) is 0.368. The molecule has 0 aliphatic heterocycles. The van der Waals surface area contributed by atoms with Gasteiger partial charge in [-0.05, 0) is 29.1 Å². The summed E-state index contributed by atoms with van der Waals surface area (Å²) in [7, 11) is 3.28. The van der Waals surface area contributed by atoms with E-state index in [9.17, 15) is 0 Å². The van der Waals surface area contributed by atoms with Crippen molar-refractivity contribution in [2.45, 2.75) is 0 Å². The fraction of sp³-hybridized carbons (Fsp3) is 0.0833. The number of rotatable bonds is 5. The number of aromatic nitrogens is 2. The second-order valence-corrected chi connectivity index (χ2v) is 7.63. The summed E-state index contributed by atoms with van der Waals surface area (Å²) in [5, 5.41) is 8.96. The Bertz CT molecular complexity index is 1360. The first-order valence-electron chi connectivity index (χ1n) is 9.48. The standard InChI is InChI=1S/C24H19N3O2S/c1-28-20-11-10-16(12-21(20)29-2)18-13-30-24-22(18)23(25-14-26-24)27-19-9-5-7-15-6-3-4-8-17(15)19/h3-14H,1-2H3,(H,25,26,27). The Morgan fingerprint density at radius 1 is 0.867 bits per heavy atom. The van der Waals surface area contributed by atoms with Gasteiger partial charge in [0.1, 0.15) is 17.0 Å². The predicted octanol–water partition coefficient (Wildman–Crippen LogP) is 6.27. The number of anilines is 2. The molecule has 2 aromatic heterocycles. The molecule has 0 atom stereocenters. The lowest BCUT2D eigenvalue weighted by atomic mass is 10.0. The molecule has 1 N–H and O–H groups in total. The number of thiophene rings is 1. The molecule has 5 rings (SSSR count). The Kier molecular flexibility index (Phi) is 4.69. The molecule has 0 saturated heterocycles. The van der Waals surface area contributed by atoms with Crippen molar-refractivity contribution in [3.63, 3.8) is 0 Å². The van der Waals surface area contributed by atoms with E-state index in [-0.39, 0.29) is 0 Å². The van der Waals surface area contributed by atoms with E-state index < -0.39 is 0 Å². The zero-order chi connectivity index (χ0) is 20.5. The Labute approximate surface area is 177 Å². The highest BCUT2D eigenvalue weighted by Gasteiger charge is 2.16. The minimum Gasteiger partial charge on any atom is -0.493 e. The molecule has 0 fully saturated rings. The minimum atomic E-state index is 0.690. The lowest BCUT2D eigenvalue weighted by molar-refractivity contribution is 0.355. The van der Waals surface area contributed by atoms with Gasteiger partial charge >= 0.3 is 0 Å². The minimum absolute atomic E-state index is 0.690. The molecule has 5 nitrogen and oxygen atoms in total. The second-order valence-electron chi connectivity index (χ2n) is 6.77. The number of hydrogen-bond donors (Lipinski definition) is 1. The highest BCUT2D eigenvalue weighted by atomic mass is 32.1. The van der Waals surface area contributed by atoms with E-state index in [0.29, 0.717) is 11.5 Å². The summed E-state index contributed by atoms with van der Waals surface area (Å²) in [5.74, 6) is 2.17. The number of benzene rings is 3. The van der Waals surface area contributed by atoms with E-state index in [0.717, 1.165) is 38.2 Å². The van der Waals surface area contributed by atoms with Gasteiger partial charge in [0.15, 0.2) is 11.5 Å². The SMILES string of the molecule is COc1ccc(-c2csc3ncnc(Nc4cccc5ccccc45)c23)cc1OC. The van der Waals surface area contributed by atoms with Crippen molar-refractivity contribution < 1.29 is 9.47 Å². The first kappa shape index (κ1) is 18.4. The van der Waals surface area contributed by atoms with Crippen molar-refractivity contribution in [2.24, 2.45) is 0 Å². The summed E-state index contributed by atoms with van der Waals surface area (Å²) in [5.41, 5.74) is 3.09. The average Bonchev–Trinajstić information content (AvgIpc) is 3.24. The van der Waals surface area contributed by atoms with Crippen LogP contribution in [0, 0.1) is 0 Å². The van der Waals surface area contributed by atoms with Gasteiger partial charge in [-0.15, -0.1) is 11.3 Å².